The monoisotopic (exact) mass is 566 g/mol. The maximum absolute atomic E-state index is 13.2. The predicted molar refractivity (Wildman–Crippen MR) is 156 cm³/mol. The molecule has 0 bridgehead atoms. The average Bonchev–Trinajstić information content (AvgIpc) is 3.17. The molecule has 0 saturated heterocycles. The second kappa shape index (κ2) is 12.7. The Labute approximate surface area is 241 Å². The lowest BCUT2D eigenvalue weighted by molar-refractivity contribution is -0.134. The van der Waals surface area contributed by atoms with Crippen LogP contribution in [-0.4, -0.2) is 22.6 Å². The number of rotatable bonds is 9. The van der Waals surface area contributed by atoms with E-state index in [2.05, 4.69) is 26.1 Å². The zero-order chi connectivity index (χ0) is 30.5. The molecule has 1 aromatic carbocycles. The van der Waals surface area contributed by atoms with Gasteiger partial charge in [-0.25, -0.2) is 9.59 Å². The van der Waals surface area contributed by atoms with Gasteiger partial charge in [0.15, 0.2) is 5.75 Å². The zero-order valence-corrected chi connectivity index (χ0v) is 25.6. The normalized spacial score (nSPS) is 11.8. The van der Waals surface area contributed by atoms with Crippen molar-refractivity contribution in [3.8, 4) is 16.9 Å². The van der Waals surface area contributed by atoms with Crippen LogP contribution in [0.5, 0.6) is 5.75 Å². The molecule has 9 heteroatoms. The Hall–Kier alpha value is -3.88. The standard InChI is InChI=1S/C32H42N2O7/c1-10-23-28(40-26(35)16-15-25-20(3)38-30(37)39-25)27(21-13-11-19(2)12-14-21)22(24(34-23)17-31(4,5)6)18-33-29(36)41-32(7,8)9/h11-14H,10,15-18H2,1-9H3,(H,33,36). The van der Waals surface area contributed by atoms with Crippen LogP contribution < -0.4 is 15.9 Å². The van der Waals surface area contributed by atoms with Crippen molar-refractivity contribution in [2.45, 2.75) is 100 Å². The molecule has 3 aromatic rings. The number of esters is 1. The number of nitrogens with one attached hydrogen (secondary N) is 1. The minimum absolute atomic E-state index is 0.0327. The summed E-state index contributed by atoms with van der Waals surface area (Å²) in [6.07, 6.45) is 0.727. The van der Waals surface area contributed by atoms with Crippen molar-refractivity contribution in [1.82, 2.24) is 10.3 Å². The number of hydrogen-bond donors (Lipinski definition) is 1. The number of alkyl carbamates (subject to hydrolysis) is 1. The molecule has 0 spiro atoms. The minimum Gasteiger partial charge on any atom is -0.444 e. The molecule has 0 aliphatic rings. The van der Waals surface area contributed by atoms with Crippen molar-refractivity contribution >= 4 is 12.1 Å². The van der Waals surface area contributed by atoms with Crippen LogP contribution in [0.2, 0.25) is 0 Å². The quantitative estimate of drug-likeness (QED) is 0.287. The molecule has 0 atom stereocenters. The molecule has 1 N–H and O–H groups in total. The zero-order valence-electron chi connectivity index (χ0n) is 25.6. The second-order valence-corrected chi connectivity index (χ2v) is 12.4. The van der Waals surface area contributed by atoms with E-state index >= 15 is 0 Å². The van der Waals surface area contributed by atoms with Gasteiger partial charge < -0.3 is 23.6 Å². The van der Waals surface area contributed by atoms with Crippen LogP contribution >= 0.6 is 0 Å². The van der Waals surface area contributed by atoms with Crippen LogP contribution in [0.25, 0.3) is 11.1 Å². The summed E-state index contributed by atoms with van der Waals surface area (Å²) < 4.78 is 21.5. The summed E-state index contributed by atoms with van der Waals surface area (Å²) in [4.78, 5) is 42.2. The molecule has 0 unspecified atom stereocenters. The van der Waals surface area contributed by atoms with Gasteiger partial charge in [-0.15, -0.1) is 0 Å². The van der Waals surface area contributed by atoms with Gasteiger partial charge in [-0.2, -0.15) is 0 Å². The number of benzene rings is 1. The summed E-state index contributed by atoms with van der Waals surface area (Å²) in [6.45, 7) is 17.5. The lowest BCUT2D eigenvalue weighted by atomic mass is 9.86. The third kappa shape index (κ3) is 9.06. The Bertz CT molecular complexity index is 1430. The van der Waals surface area contributed by atoms with Crippen LogP contribution in [-0.2, 0) is 35.3 Å². The van der Waals surface area contributed by atoms with E-state index in [0.29, 0.717) is 41.4 Å². The Morgan fingerprint density at radius 3 is 2.17 bits per heavy atom. The van der Waals surface area contributed by atoms with E-state index in [1.165, 1.54) is 0 Å². The fraction of sp³-hybridized carbons (Fsp3) is 0.500. The Balaban J connectivity index is 2.12. The van der Waals surface area contributed by atoms with Gasteiger partial charge in [0, 0.05) is 29.8 Å². The molecule has 222 valence electrons. The molecule has 3 rings (SSSR count). The Morgan fingerprint density at radius 1 is 0.976 bits per heavy atom. The topological polar surface area (TPSA) is 121 Å². The number of ether oxygens (including phenoxy) is 2. The molecular weight excluding hydrogens is 524 g/mol. The van der Waals surface area contributed by atoms with Gasteiger partial charge in [0.1, 0.15) is 17.1 Å². The molecule has 9 nitrogen and oxygen atoms in total. The first kappa shape index (κ1) is 31.6. The number of pyridine rings is 1. The van der Waals surface area contributed by atoms with Crippen LogP contribution in [0.15, 0.2) is 37.9 Å². The number of aromatic nitrogens is 1. The predicted octanol–water partition coefficient (Wildman–Crippen LogP) is 6.63. The molecule has 0 aliphatic carbocycles. The summed E-state index contributed by atoms with van der Waals surface area (Å²) in [6, 6.07) is 7.93. The lowest BCUT2D eigenvalue weighted by Crippen LogP contribution is -2.33. The smallest absolute Gasteiger partial charge is 0.444 e. The summed E-state index contributed by atoms with van der Waals surface area (Å²) in [5.74, 6) is -0.317. The van der Waals surface area contributed by atoms with E-state index in [0.717, 1.165) is 22.4 Å². The van der Waals surface area contributed by atoms with Crippen LogP contribution in [0.1, 0.15) is 88.9 Å². The van der Waals surface area contributed by atoms with Crippen LogP contribution in [0.4, 0.5) is 4.79 Å². The highest BCUT2D eigenvalue weighted by molar-refractivity contribution is 5.82. The minimum atomic E-state index is -0.804. The first-order valence-electron chi connectivity index (χ1n) is 13.9. The number of nitrogens with zero attached hydrogens (tertiary/aromatic N) is 1. The van der Waals surface area contributed by atoms with E-state index in [4.69, 9.17) is 23.3 Å². The molecule has 0 fully saturated rings. The van der Waals surface area contributed by atoms with E-state index in [-0.39, 0.29) is 24.8 Å². The summed E-state index contributed by atoms with van der Waals surface area (Å²) in [5, 5.41) is 2.88. The number of hydrogen-bond acceptors (Lipinski definition) is 8. The van der Waals surface area contributed by atoms with E-state index in [1.807, 2.05) is 38.1 Å². The van der Waals surface area contributed by atoms with Gasteiger partial charge in [-0.1, -0.05) is 57.5 Å². The molecule has 1 amide bonds. The maximum Gasteiger partial charge on any atom is 0.519 e. The largest absolute Gasteiger partial charge is 0.519 e. The summed E-state index contributed by atoms with van der Waals surface area (Å²) in [5.41, 5.74) is 4.07. The van der Waals surface area contributed by atoms with Gasteiger partial charge in [0.25, 0.3) is 0 Å². The van der Waals surface area contributed by atoms with Crippen molar-refractivity contribution in [2.24, 2.45) is 5.41 Å². The SMILES string of the molecule is CCc1nc(CC(C)(C)C)c(CNC(=O)OC(C)(C)C)c(-c2ccc(C)cc2)c1OC(=O)CCc1oc(=O)oc1C. The maximum atomic E-state index is 13.2. The summed E-state index contributed by atoms with van der Waals surface area (Å²) in [7, 11) is 0. The molecular formula is C32H42N2O7. The van der Waals surface area contributed by atoms with Gasteiger partial charge >= 0.3 is 17.9 Å². The first-order chi connectivity index (χ1) is 19.1. The number of carbonyl (C=O) groups is 2. The van der Waals surface area contributed by atoms with Crippen molar-refractivity contribution in [3.63, 3.8) is 0 Å². The lowest BCUT2D eigenvalue weighted by Gasteiger charge is -2.26. The van der Waals surface area contributed by atoms with Gasteiger partial charge in [-0.3, -0.25) is 9.78 Å². The molecule has 0 saturated carbocycles. The fourth-order valence-electron chi connectivity index (χ4n) is 4.38. The molecule has 0 aliphatic heterocycles. The molecule has 2 aromatic heterocycles. The van der Waals surface area contributed by atoms with Crippen LogP contribution in [0, 0.1) is 19.3 Å². The van der Waals surface area contributed by atoms with Crippen molar-refractivity contribution in [1.29, 1.82) is 0 Å². The average molecular weight is 567 g/mol. The fourth-order valence-corrected chi connectivity index (χ4v) is 4.38. The number of amides is 1. The Kier molecular flexibility index (Phi) is 9.84. The third-order valence-corrected chi connectivity index (χ3v) is 6.20. The second-order valence-electron chi connectivity index (χ2n) is 12.4. The number of aryl methyl sites for hydroxylation is 4. The highest BCUT2D eigenvalue weighted by Gasteiger charge is 2.27. The van der Waals surface area contributed by atoms with Gasteiger partial charge in [-0.05, 0) is 58.4 Å². The van der Waals surface area contributed by atoms with E-state index < -0.39 is 23.5 Å². The Morgan fingerprint density at radius 2 is 1.63 bits per heavy atom. The van der Waals surface area contributed by atoms with Gasteiger partial charge in [0.2, 0.25) is 0 Å². The van der Waals surface area contributed by atoms with Crippen molar-refractivity contribution in [2.75, 3.05) is 0 Å². The highest BCUT2D eigenvalue weighted by Crippen LogP contribution is 2.40. The third-order valence-electron chi connectivity index (χ3n) is 6.20. The van der Waals surface area contributed by atoms with Crippen LogP contribution in [0.3, 0.4) is 0 Å². The first-order valence-corrected chi connectivity index (χ1v) is 13.9. The number of carbonyl (C=O) groups excluding carboxylic acids is 2. The molecule has 41 heavy (non-hydrogen) atoms. The van der Waals surface area contributed by atoms with E-state index in [1.54, 1.807) is 27.7 Å². The molecule has 2 heterocycles. The van der Waals surface area contributed by atoms with Gasteiger partial charge in [0.05, 0.1) is 12.1 Å². The van der Waals surface area contributed by atoms with E-state index in [9.17, 15) is 14.4 Å². The van der Waals surface area contributed by atoms with Crippen molar-refractivity contribution in [3.05, 3.63) is 68.9 Å². The summed E-state index contributed by atoms with van der Waals surface area (Å²) >= 11 is 0. The molecule has 0 radical (unpaired) electrons. The van der Waals surface area contributed by atoms with Crippen molar-refractivity contribution < 1.29 is 27.9 Å². The highest BCUT2D eigenvalue weighted by atomic mass is 16.6.